The van der Waals surface area contributed by atoms with Crippen LogP contribution in [-0.4, -0.2) is 0 Å². The second kappa shape index (κ2) is 9.72. The first-order chi connectivity index (χ1) is 8.00. The Bertz CT molecular complexity index is 321. The highest BCUT2D eigenvalue weighted by molar-refractivity contribution is 5.18. The minimum Gasteiger partial charge on any atom is -0.0807 e. The number of hydrogen-bond donors (Lipinski definition) is 0. The van der Waals surface area contributed by atoms with Crippen LogP contribution in [0.4, 0.5) is 0 Å². The van der Waals surface area contributed by atoms with Crippen LogP contribution in [0.25, 0.3) is 0 Å². The number of hydrogen-bond acceptors (Lipinski definition) is 0. The van der Waals surface area contributed by atoms with Crippen molar-refractivity contribution < 1.29 is 0 Å². The summed E-state index contributed by atoms with van der Waals surface area (Å²) in [5.41, 5.74) is 0. The summed E-state index contributed by atoms with van der Waals surface area (Å²) in [5, 5.41) is 0. The molecular formula is C16H18. The van der Waals surface area contributed by atoms with Gasteiger partial charge in [0.2, 0.25) is 0 Å². The zero-order valence-electron chi connectivity index (χ0n) is 9.50. The Kier molecular flexibility index (Phi) is 7.45. The van der Waals surface area contributed by atoms with E-state index in [9.17, 15) is 0 Å². The monoisotopic (exact) mass is 210 g/mol. The zero-order valence-corrected chi connectivity index (χ0v) is 9.50. The molecule has 0 saturated carbocycles. The third-order valence-corrected chi connectivity index (χ3v) is 1.98. The zero-order chi connectivity index (χ0) is 11.3. The molecule has 0 saturated heterocycles. The molecule has 0 amide bonds. The summed E-state index contributed by atoms with van der Waals surface area (Å²) in [4.78, 5) is 0. The summed E-state index contributed by atoms with van der Waals surface area (Å²) in [7, 11) is 0. The quantitative estimate of drug-likeness (QED) is 0.545. The average Bonchev–Trinajstić information content (AvgIpc) is 2.29. The van der Waals surface area contributed by atoms with Crippen LogP contribution < -0.4 is 0 Å². The first-order valence-corrected chi connectivity index (χ1v) is 5.63. The highest BCUT2D eigenvalue weighted by Crippen LogP contribution is 1.92. The molecule has 16 heavy (non-hydrogen) atoms. The van der Waals surface area contributed by atoms with Gasteiger partial charge in [-0.05, 0) is 12.8 Å². The molecule has 1 rings (SSSR count). The smallest absolute Gasteiger partial charge is 0.0163 e. The summed E-state index contributed by atoms with van der Waals surface area (Å²) in [5.74, 6) is 0. The summed E-state index contributed by atoms with van der Waals surface area (Å²) < 4.78 is 0. The second-order valence-electron chi connectivity index (χ2n) is 3.34. The van der Waals surface area contributed by atoms with Gasteiger partial charge in [-0.1, -0.05) is 85.1 Å². The van der Waals surface area contributed by atoms with Crippen molar-refractivity contribution in [2.75, 3.05) is 0 Å². The molecule has 0 bridgehead atoms. The minimum absolute atomic E-state index is 0.974. The summed E-state index contributed by atoms with van der Waals surface area (Å²) in [6.07, 6.45) is 31.0. The van der Waals surface area contributed by atoms with Gasteiger partial charge in [0.25, 0.3) is 0 Å². The van der Waals surface area contributed by atoms with Gasteiger partial charge in [0.1, 0.15) is 0 Å². The molecule has 0 nitrogen and oxygen atoms in total. The van der Waals surface area contributed by atoms with Gasteiger partial charge in [-0.25, -0.2) is 0 Å². The standard InChI is InChI=1S/C16H18/c1-2-4-6-8-10-12-14-16-15-13-11-9-7-5-3-1/h1-8,11-16H,9-10H2. The van der Waals surface area contributed by atoms with Crippen LogP contribution in [0.3, 0.4) is 0 Å². The fourth-order valence-electron chi connectivity index (χ4n) is 1.17. The first-order valence-electron chi connectivity index (χ1n) is 5.63. The van der Waals surface area contributed by atoms with E-state index < -0.39 is 0 Å². The van der Waals surface area contributed by atoms with E-state index in [1.807, 2.05) is 24.3 Å². The Morgan fingerprint density at radius 3 is 0.875 bits per heavy atom. The van der Waals surface area contributed by atoms with Crippen LogP contribution in [0.15, 0.2) is 85.1 Å². The highest BCUT2D eigenvalue weighted by atomic mass is 13.8. The van der Waals surface area contributed by atoms with Crippen molar-refractivity contribution in [1.29, 1.82) is 0 Å². The Morgan fingerprint density at radius 2 is 0.562 bits per heavy atom. The van der Waals surface area contributed by atoms with Crippen LogP contribution in [0.2, 0.25) is 0 Å². The second-order valence-corrected chi connectivity index (χ2v) is 3.34. The summed E-state index contributed by atoms with van der Waals surface area (Å²) in [6, 6.07) is 0. The molecule has 0 aromatic carbocycles. The predicted molar refractivity (Wildman–Crippen MR) is 73.2 cm³/mol. The molecule has 0 unspecified atom stereocenters. The lowest BCUT2D eigenvalue weighted by atomic mass is 10.3. The van der Waals surface area contributed by atoms with Gasteiger partial charge >= 0.3 is 0 Å². The van der Waals surface area contributed by atoms with Gasteiger partial charge < -0.3 is 0 Å². The maximum absolute atomic E-state index is 2.14. The van der Waals surface area contributed by atoms with E-state index in [-0.39, 0.29) is 0 Å². The first kappa shape index (κ1) is 12.3. The molecule has 0 heteroatoms. The normalized spacial score (nSPS) is 17.0. The largest absolute Gasteiger partial charge is 0.0807 e. The van der Waals surface area contributed by atoms with Crippen molar-refractivity contribution in [3.8, 4) is 0 Å². The van der Waals surface area contributed by atoms with E-state index in [1.165, 1.54) is 0 Å². The molecule has 0 spiro atoms. The van der Waals surface area contributed by atoms with Gasteiger partial charge in [0.05, 0.1) is 0 Å². The lowest BCUT2D eigenvalue weighted by Crippen LogP contribution is -1.60. The third-order valence-electron chi connectivity index (χ3n) is 1.98. The Labute approximate surface area is 98.4 Å². The van der Waals surface area contributed by atoms with E-state index in [0.29, 0.717) is 0 Å². The molecule has 0 atom stereocenters. The van der Waals surface area contributed by atoms with Gasteiger partial charge in [0.15, 0.2) is 0 Å². The molecule has 0 aromatic rings. The van der Waals surface area contributed by atoms with Gasteiger partial charge in [-0.3, -0.25) is 0 Å². The van der Waals surface area contributed by atoms with E-state index >= 15 is 0 Å². The Hall–Kier alpha value is -1.82. The van der Waals surface area contributed by atoms with Crippen LogP contribution in [0.1, 0.15) is 12.8 Å². The van der Waals surface area contributed by atoms with Crippen molar-refractivity contribution >= 4 is 0 Å². The fraction of sp³-hybridized carbons (Fsp3) is 0.125. The SMILES string of the molecule is C1=CC=CCC=CC=CC=CCC=CC=C1. The van der Waals surface area contributed by atoms with Gasteiger partial charge in [0, 0.05) is 0 Å². The van der Waals surface area contributed by atoms with Crippen LogP contribution in [0, 0.1) is 0 Å². The van der Waals surface area contributed by atoms with Crippen molar-refractivity contribution in [2.24, 2.45) is 0 Å². The van der Waals surface area contributed by atoms with Crippen molar-refractivity contribution in [2.45, 2.75) is 12.8 Å². The van der Waals surface area contributed by atoms with E-state index in [1.54, 1.807) is 0 Å². The lowest BCUT2D eigenvalue weighted by molar-refractivity contribution is 1.39. The molecule has 0 aliphatic heterocycles. The molecule has 0 aromatic heterocycles. The maximum atomic E-state index is 2.14. The van der Waals surface area contributed by atoms with Crippen molar-refractivity contribution in [3.05, 3.63) is 85.1 Å². The number of rotatable bonds is 0. The Morgan fingerprint density at radius 1 is 0.312 bits per heavy atom. The van der Waals surface area contributed by atoms with E-state index in [4.69, 9.17) is 0 Å². The highest BCUT2D eigenvalue weighted by Gasteiger charge is 1.71. The maximum Gasteiger partial charge on any atom is -0.0163 e. The van der Waals surface area contributed by atoms with Crippen LogP contribution in [-0.2, 0) is 0 Å². The molecule has 82 valence electrons. The lowest BCUT2D eigenvalue weighted by Gasteiger charge is -1.81. The molecule has 0 N–H and O–H groups in total. The topological polar surface area (TPSA) is 0 Å². The molecule has 0 fully saturated rings. The minimum atomic E-state index is 0.974. The fourth-order valence-corrected chi connectivity index (χ4v) is 1.17. The average molecular weight is 210 g/mol. The van der Waals surface area contributed by atoms with Gasteiger partial charge in [-0.15, -0.1) is 0 Å². The third kappa shape index (κ3) is 7.57. The molecular weight excluding hydrogens is 192 g/mol. The summed E-state index contributed by atoms with van der Waals surface area (Å²) in [6.45, 7) is 0. The molecule has 1 aliphatic rings. The predicted octanol–water partition coefficient (Wildman–Crippen LogP) is 4.67. The van der Waals surface area contributed by atoms with E-state index in [0.717, 1.165) is 12.8 Å². The number of allylic oxidation sites excluding steroid dienone is 14. The van der Waals surface area contributed by atoms with Crippen LogP contribution in [0.5, 0.6) is 0 Å². The molecule has 1 aliphatic carbocycles. The summed E-state index contributed by atoms with van der Waals surface area (Å²) >= 11 is 0. The Balaban J connectivity index is 2.57. The van der Waals surface area contributed by atoms with Crippen molar-refractivity contribution in [1.82, 2.24) is 0 Å². The molecule has 0 heterocycles. The van der Waals surface area contributed by atoms with E-state index in [2.05, 4.69) is 60.8 Å². The van der Waals surface area contributed by atoms with Gasteiger partial charge in [-0.2, -0.15) is 0 Å². The van der Waals surface area contributed by atoms with Crippen molar-refractivity contribution in [3.63, 3.8) is 0 Å². The van der Waals surface area contributed by atoms with Crippen LogP contribution >= 0.6 is 0 Å². The molecule has 0 radical (unpaired) electrons.